The van der Waals surface area contributed by atoms with Gasteiger partial charge in [-0.05, 0) is 66.4 Å². The van der Waals surface area contributed by atoms with E-state index in [2.05, 4.69) is 17.6 Å². The number of nitrogens with zero attached hydrogens (tertiary/aromatic N) is 4. The van der Waals surface area contributed by atoms with Crippen LogP contribution in [0.5, 0.6) is 5.75 Å². The minimum atomic E-state index is -0.960. The third-order valence-corrected chi connectivity index (χ3v) is 8.06. The molecule has 1 saturated carbocycles. The molecule has 0 amide bonds. The Bertz CT molecular complexity index is 1600. The zero-order valence-corrected chi connectivity index (χ0v) is 24.0. The van der Waals surface area contributed by atoms with E-state index in [1.165, 1.54) is 6.20 Å². The molecular weight excluding hydrogens is 588 g/mol. The van der Waals surface area contributed by atoms with Crippen molar-refractivity contribution < 1.29 is 14.2 Å². The fourth-order valence-corrected chi connectivity index (χ4v) is 5.61. The number of ether oxygens (including phenoxy) is 1. The number of aliphatic imine (C=N–C) groups is 1. The van der Waals surface area contributed by atoms with Crippen LogP contribution in [0.1, 0.15) is 24.0 Å². The summed E-state index contributed by atoms with van der Waals surface area (Å²) in [5.41, 5.74) is 7.71. The van der Waals surface area contributed by atoms with Crippen LogP contribution in [0, 0.1) is 23.1 Å². The Hall–Kier alpha value is -3.77. The molecule has 5 rings (SSSR count). The fourth-order valence-electron chi connectivity index (χ4n) is 4.78. The molecule has 11 heteroatoms. The minimum absolute atomic E-state index is 0.0850. The van der Waals surface area contributed by atoms with Crippen LogP contribution in [0.15, 0.2) is 72.0 Å². The number of hydrogen-bond acceptors (Lipinski definition) is 7. The van der Waals surface area contributed by atoms with Gasteiger partial charge < -0.3 is 20.5 Å². The van der Waals surface area contributed by atoms with E-state index < -0.39 is 11.2 Å². The average Bonchev–Trinajstić information content (AvgIpc) is 3.76. The first-order valence-corrected chi connectivity index (χ1v) is 13.9. The van der Waals surface area contributed by atoms with Gasteiger partial charge in [0.15, 0.2) is 11.6 Å². The first-order valence-electron chi connectivity index (χ1n) is 12.7. The van der Waals surface area contributed by atoms with Gasteiger partial charge in [-0.25, -0.2) is 14.4 Å². The Morgan fingerprint density at radius 1 is 1.22 bits per heavy atom. The van der Waals surface area contributed by atoms with Gasteiger partial charge >= 0.3 is 0 Å². The summed E-state index contributed by atoms with van der Waals surface area (Å²) in [6, 6.07) is 13.8. The Morgan fingerprint density at radius 2 is 1.93 bits per heavy atom. The Balaban J connectivity index is 1.34. The smallest absolute Gasteiger partial charge is 0.166 e. The number of nitrogens with two attached hydrogens (primary N) is 1. The number of anilines is 1. The van der Waals surface area contributed by atoms with Crippen LogP contribution in [0.4, 0.5) is 15.9 Å². The molecule has 1 aliphatic heterocycles. The lowest BCUT2D eigenvalue weighted by molar-refractivity contribution is 0.374. The number of nitriles is 1. The summed E-state index contributed by atoms with van der Waals surface area (Å²) in [7, 11) is 0. The van der Waals surface area contributed by atoms with Crippen molar-refractivity contribution in [3.8, 4) is 11.8 Å². The molecule has 2 fully saturated rings. The number of aliphatic hydroxyl groups is 1. The van der Waals surface area contributed by atoms with Crippen molar-refractivity contribution >= 4 is 57.8 Å². The molecule has 1 aromatic heterocycles. The third-order valence-electron chi connectivity index (χ3n) is 7.14. The Kier molecular flexibility index (Phi) is 8.14. The SMILES string of the molecule is C=C(O)c1cnc(N2CC(C#N)(c3ccc(OCC(=Nc4c(Cl)cccc4Cl)C(=CN)C4CC4)cc3Cl)C2)c(F)c1. The van der Waals surface area contributed by atoms with Crippen molar-refractivity contribution in [1.82, 2.24) is 4.98 Å². The maximum atomic E-state index is 14.6. The summed E-state index contributed by atoms with van der Waals surface area (Å²) in [6.07, 6.45) is 4.89. The summed E-state index contributed by atoms with van der Waals surface area (Å²) < 4.78 is 20.7. The second-order valence-electron chi connectivity index (χ2n) is 9.98. The van der Waals surface area contributed by atoms with Gasteiger partial charge in [0, 0.05) is 29.9 Å². The standard InChI is InChI=1S/C30H25Cl3FN5O2/c1-17(40)19-9-26(34)29(37-12-19)39-15-30(14-36,16-39)22-8-7-20(10-25(22)33)41-13-27(21(11-35)18-5-6-18)38-28-23(31)3-2-4-24(28)32/h2-4,7-12,18,40H,1,5-6,13,15-16,35H2. The van der Waals surface area contributed by atoms with Crippen molar-refractivity contribution in [2.75, 3.05) is 24.6 Å². The lowest BCUT2D eigenvalue weighted by Gasteiger charge is -2.46. The maximum Gasteiger partial charge on any atom is 0.166 e. The molecule has 1 saturated heterocycles. The summed E-state index contributed by atoms with van der Waals surface area (Å²) in [4.78, 5) is 10.5. The molecule has 3 N–H and O–H groups in total. The molecule has 1 aliphatic carbocycles. The van der Waals surface area contributed by atoms with E-state index in [9.17, 15) is 14.8 Å². The number of pyridine rings is 1. The molecule has 2 aliphatic rings. The topological polar surface area (TPSA) is 108 Å². The molecule has 210 valence electrons. The Labute approximate surface area is 251 Å². The number of rotatable bonds is 9. The van der Waals surface area contributed by atoms with Gasteiger partial charge in [0.25, 0.3) is 0 Å². The van der Waals surface area contributed by atoms with Crippen molar-refractivity contribution in [2.45, 2.75) is 18.3 Å². The molecule has 2 aromatic carbocycles. The van der Waals surface area contributed by atoms with Gasteiger partial charge in [0.2, 0.25) is 0 Å². The number of hydrogen-bond donors (Lipinski definition) is 2. The highest BCUT2D eigenvalue weighted by molar-refractivity contribution is 6.39. The summed E-state index contributed by atoms with van der Waals surface area (Å²) in [5, 5.41) is 20.7. The van der Waals surface area contributed by atoms with Crippen molar-refractivity contribution in [2.24, 2.45) is 16.6 Å². The molecule has 0 unspecified atom stereocenters. The Morgan fingerprint density at radius 3 is 2.49 bits per heavy atom. The van der Waals surface area contributed by atoms with Crippen LogP contribution in [0.3, 0.4) is 0 Å². The minimum Gasteiger partial charge on any atom is -0.508 e. The van der Waals surface area contributed by atoms with Crippen LogP contribution >= 0.6 is 34.8 Å². The number of para-hydroxylation sites is 1. The predicted octanol–water partition coefficient (Wildman–Crippen LogP) is 7.40. The summed E-state index contributed by atoms with van der Waals surface area (Å²) in [5.74, 6) is -0.0419. The van der Waals surface area contributed by atoms with Gasteiger partial charge in [-0.2, -0.15) is 5.26 Å². The molecular formula is C30H25Cl3FN5O2. The van der Waals surface area contributed by atoms with Crippen LogP contribution in [-0.4, -0.2) is 35.5 Å². The van der Waals surface area contributed by atoms with Crippen LogP contribution in [0.25, 0.3) is 5.76 Å². The number of aromatic nitrogens is 1. The highest BCUT2D eigenvalue weighted by Gasteiger charge is 2.47. The largest absolute Gasteiger partial charge is 0.508 e. The predicted molar refractivity (Wildman–Crippen MR) is 161 cm³/mol. The second-order valence-corrected chi connectivity index (χ2v) is 11.2. The average molecular weight is 613 g/mol. The van der Waals surface area contributed by atoms with Crippen molar-refractivity contribution in [3.05, 3.63) is 99.0 Å². The van der Waals surface area contributed by atoms with E-state index in [0.717, 1.165) is 24.5 Å². The third kappa shape index (κ3) is 5.84. The van der Waals surface area contributed by atoms with E-state index in [4.69, 9.17) is 50.3 Å². The van der Waals surface area contributed by atoms with Gasteiger partial charge in [-0.3, -0.25) is 0 Å². The molecule has 0 bridgehead atoms. The molecule has 0 spiro atoms. The fraction of sp³-hybridized carbons (Fsp3) is 0.233. The van der Waals surface area contributed by atoms with Crippen molar-refractivity contribution in [3.63, 3.8) is 0 Å². The summed E-state index contributed by atoms with van der Waals surface area (Å²) >= 11 is 19.4. The maximum absolute atomic E-state index is 14.6. The van der Waals surface area contributed by atoms with E-state index in [1.807, 2.05) is 0 Å². The van der Waals surface area contributed by atoms with Gasteiger partial charge in [0.1, 0.15) is 29.2 Å². The van der Waals surface area contributed by atoms with Gasteiger partial charge in [0.05, 0.1) is 21.8 Å². The highest BCUT2D eigenvalue weighted by Crippen LogP contribution is 2.42. The number of halogens is 4. The van der Waals surface area contributed by atoms with Crippen LogP contribution < -0.4 is 15.4 Å². The van der Waals surface area contributed by atoms with E-state index >= 15 is 0 Å². The zero-order chi connectivity index (χ0) is 29.3. The molecule has 7 nitrogen and oxygen atoms in total. The highest BCUT2D eigenvalue weighted by atomic mass is 35.5. The van der Waals surface area contributed by atoms with Crippen LogP contribution in [-0.2, 0) is 5.41 Å². The molecule has 2 heterocycles. The van der Waals surface area contributed by atoms with Crippen molar-refractivity contribution in [1.29, 1.82) is 5.26 Å². The van der Waals surface area contributed by atoms with Gasteiger partial charge in [-0.15, -0.1) is 0 Å². The van der Waals surface area contributed by atoms with Gasteiger partial charge in [-0.1, -0.05) is 53.5 Å². The van der Waals surface area contributed by atoms with E-state index in [-0.39, 0.29) is 36.8 Å². The zero-order valence-electron chi connectivity index (χ0n) is 21.7. The molecule has 41 heavy (non-hydrogen) atoms. The molecule has 3 aromatic rings. The number of aliphatic hydroxyl groups excluding tert-OH is 1. The quantitative estimate of drug-likeness (QED) is 0.193. The lowest BCUT2D eigenvalue weighted by Crippen LogP contribution is -2.59. The lowest BCUT2D eigenvalue weighted by atomic mass is 9.75. The number of benzene rings is 2. The molecule has 0 atom stereocenters. The summed E-state index contributed by atoms with van der Waals surface area (Å²) in [6.45, 7) is 3.85. The normalized spacial score (nSPS) is 16.6. The van der Waals surface area contributed by atoms with E-state index in [1.54, 1.807) is 47.5 Å². The first kappa shape index (κ1) is 28.7. The van der Waals surface area contributed by atoms with E-state index in [0.29, 0.717) is 43.7 Å². The monoisotopic (exact) mass is 611 g/mol. The second kappa shape index (κ2) is 11.6. The first-order chi connectivity index (χ1) is 19.7. The molecule has 0 radical (unpaired) electrons. The van der Waals surface area contributed by atoms with Crippen LogP contribution in [0.2, 0.25) is 15.1 Å².